The standard InChI is InChI=1S/C13H16FN3O2/c1-8(2)15-12(18)13(19)17-16-9(3)10-6-4-5-7-11(10)14/h4-8H,1-3H3,(H,15,18)(H,17,19)/b16-9-. The fourth-order valence-electron chi connectivity index (χ4n) is 1.33. The maximum absolute atomic E-state index is 13.4. The maximum Gasteiger partial charge on any atom is 0.329 e. The summed E-state index contributed by atoms with van der Waals surface area (Å²) in [6.45, 7) is 5.01. The number of halogens is 1. The Kier molecular flexibility index (Phi) is 5.17. The predicted molar refractivity (Wildman–Crippen MR) is 70.0 cm³/mol. The van der Waals surface area contributed by atoms with E-state index in [0.717, 1.165) is 0 Å². The molecular formula is C13H16FN3O2. The lowest BCUT2D eigenvalue weighted by Gasteiger charge is -2.07. The van der Waals surface area contributed by atoms with Crippen LogP contribution in [-0.4, -0.2) is 23.6 Å². The molecule has 0 aliphatic carbocycles. The molecule has 2 amide bonds. The number of amides is 2. The number of nitrogens with one attached hydrogen (secondary N) is 2. The second-order valence-corrected chi connectivity index (χ2v) is 4.25. The Balaban J connectivity index is 2.69. The van der Waals surface area contributed by atoms with E-state index >= 15 is 0 Å². The number of hydrogen-bond donors (Lipinski definition) is 2. The van der Waals surface area contributed by atoms with E-state index in [-0.39, 0.29) is 17.3 Å². The predicted octanol–water partition coefficient (Wildman–Crippen LogP) is 1.19. The van der Waals surface area contributed by atoms with Crippen molar-refractivity contribution in [2.24, 2.45) is 5.10 Å². The van der Waals surface area contributed by atoms with Crippen LogP contribution >= 0.6 is 0 Å². The molecule has 19 heavy (non-hydrogen) atoms. The molecule has 1 rings (SSSR count). The molecule has 0 aromatic heterocycles. The molecule has 102 valence electrons. The third-order valence-electron chi connectivity index (χ3n) is 2.21. The zero-order chi connectivity index (χ0) is 14.4. The third kappa shape index (κ3) is 4.50. The van der Waals surface area contributed by atoms with Gasteiger partial charge in [0.1, 0.15) is 5.82 Å². The number of rotatable bonds is 3. The minimum atomic E-state index is -0.885. The topological polar surface area (TPSA) is 70.6 Å². The van der Waals surface area contributed by atoms with Gasteiger partial charge in [0.15, 0.2) is 0 Å². The minimum Gasteiger partial charge on any atom is -0.346 e. The van der Waals surface area contributed by atoms with Crippen molar-refractivity contribution in [1.82, 2.24) is 10.7 Å². The molecule has 0 spiro atoms. The molecule has 0 atom stereocenters. The summed E-state index contributed by atoms with van der Waals surface area (Å²) in [5.41, 5.74) is 2.64. The van der Waals surface area contributed by atoms with E-state index in [1.807, 2.05) is 0 Å². The first kappa shape index (κ1) is 14.8. The molecule has 1 aromatic rings. The summed E-state index contributed by atoms with van der Waals surface area (Å²) >= 11 is 0. The quantitative estimate of drug-likeness (QED) is 0.489. The molecular weight excluding hydrogens is 249 g/mol. The smallest absolute Gasteiger partial charge is 0.329 e. The lowest BCUT2D eigenvalue weighted by molar-refractivity contribution is -0.139. The highest BCUT2D eigenvalue weighted by Gasteiger charge is 2.13. The highest BCUT2D eigenvalue weighted by molar-refractivity contribution is 6.35. The van der Waals surface area contributed by atoms with Gasteiger partial charge >= 0.3 is 11.8 Å². The van der Waals surface area contributed by atoms with Crippen LogP contribution < -0.4 is 10.7 Å². The van der Waals surface area contributed by atoms with Crippen molar-refractivity contribution in [1.29, 1.82) is 0 Å². The molecule has 2 N–H and O–H groups in total. The van der Waals surface area contributed by atoms with Gasteiger partial charge in [-0.15, -0.1) is 0 Å². The normalized spacial score (nSPS) is 11.3. The van der Waals surface area contributed by atoms with Crippen LogP contribution in [-0.2, 0) is 9.59 Å². The first-order valence-corrected chi connectivity index (χ1v) is 5.82. The van der Waals surface area contributed by atoms with Crippen LogP contribution in [0.25, 0.3) is 0 Å². The van der Waals surface area contributed by atoms with E-state index in [1.54, 1.807) is 32.9 Å². The van der Waals surface area contributed by atoms with E-state index in [1.165, 1.54) is 12.1 Å². The van der Waals surface area contributed by atoms with Crippen molar-refractivity contribution in [3.8, 4) is 0 Å². The van der Waals surface area contributed by atoms with Gasteiger partial charge in [0.05, 0.1) is 5.71 Å². The van der Waals surface area contributed by atoms with Crippen LogP contribution in [0.3, 0.4) is 0 Å². The van der Waals surface area contributed by atoms with E-state index in [9.17, 15) is 14.0 Å². The third-order valence-corrected chi connectivity index (χ3v) is 2.21. The fourth-order valence-corrected chi connectivity index (χ4v) is 1.33. The van der Waals surface area contributed by atoms with Gasteiger partial charge in [0.2, 0.25) is 0 Å². The van der Waals surface area contributed by atoms with Crippen LogP contribution in [0, 0.1) is 5.82 Å². The number of carbonyl (C=O) groups is 2. The maximum atomic E-state index is 13.4. The average Bonchev–Trinajstić information content (AvgIpc) is 2.35. The number of carbonyl (C=O) groups excluding carboxylic acids is 2. The summed E-state index contributed by atoms with van der Waals surface area (Å²) in [6, 6.07) is 5.90. The van der Waals surface area contributed by atoms with Gasteiger partial charge in [-0.1, -0.05) is 18.2 Å². The SMILES string of the molecule is C/C(=N/NC(=O)C(=O)NC(C)C)c1ccccc1F. The monoisotopic (exact) mass is 265 g/mol. The van der Waals surface area contributed by atoms with Crippen LogP contribution in [0.4, 0.5) is 4.39 Å². The summed E-state index contributed by atoms with van der Waals surface area (Å²) < 4.78 is 13.4. The highest BCUT2D eigenvalue weighted by atomic mass is 19.1. The van der Waals surface area contributed by atoms with Gasteiger partial charge in [-0.2, -0.15) is 5.10 Å². The van der Waals surface area contributed by atoms with Crippen molar-refractivity contribution in [2.45, 2.75) is 26.8 Å². The van der Waals surface area contributed by atoms with E-state index in [0.29, 0.717) is 0 Å². The largest absolute Gasteiger partial charge is 0.346 e. The second-order valence-electron chi connectivity index (χ2n) is 4.25. The molecule has 0 saturated heterocycles. The highest BCUT2D eigenvalue weighted by Crippen LogP contribution is 2.07. The Labute approximate surface area is 110 Å². The molecule has 6 heteroatoms. The number of hydrogen-bond acceptors (Lipinski definition) is 3. The molecule has 0 unspecified atom stereocenters. The molecule has 0 saturated carbocycles. The zero-order valence-electron chi connectivity index (χ0n) is 11.0. The number of nitrogens with zero attached hydrogens (tertiary/aromatic N) is 1. The zero-order valence-corrected chi connectivity index (χ0v) is 11.0. The summed E-state index contributed by atoms with van der Waals surface area (Å²) in [7, 11) is 0. The first-order valence-electron chi connectivity index (χ1n) is 5.82. The van der Waals surface area contributed by atoms with E-state index in [2.05, 4.69) is 15.8 Å². The van der Waals surface area contributed by atoms with Crippen LogP contribution in [0.2, 0.25) is 0 Å². The van der Waals surface area contributed by atoms with E-state index < -0.39 is 17.6 Å². The average molecular weight is 265 g/mol. The Morgan fingerprint density at radius 3 is 2.42 bits per heavy atom. The molecule has 0 fully saturated rings. The Morgan fingerprint density at radius 2 is 1.84 bits per heavy atom. The Morgan fingerprint density at radius 1 is 1.21 bits per heavy atom. The summed E-state index contributed by atoms with van der Waals surface area (Å²) in [5.74, 6) is -2.10. The van der Waals surface area contributed by atoms with Gasteiger partial charge < -0.3 is 5.32 Å². The lowest BCUT2D eigenvalue weighted by atomic mass is 10.1. The van der Waals surface area contributed by atoms with Crippen molar-refractivity contribution in [2.75, 3.05) is 0 Å². The van der Waals surface area contributed by atoms with Crippen LogP contribution in [0.5, 0.6) is 0 Å². The van der Waals surface area contributed by atoms with Crippen molar-refractivity contribution >= 4 is 17.5 Å². The molecule has 0 aliphatic rings. The fraction of sp³-hybridized carbons (Fsp3) is 0.308. The first-order chi connectivity index (χ1) is 8.91. The van der Waals surface area contributed by atoms with Gasteiger partial charge in [-0.25, -0.2) is 9.82 Å². The van der Waals surface area contributed by atoms with Crippen molar-refractivity contribution in [3.63, 3.8) is 0 Å². The summed E-state index contributed by atoms with van der Waals surface area (Å²) in [6.07, 6.45) is 0. The van der Waals surface area contributed by atoms with Crippen molar-refractivity contribution in [3.05, 3.63) is 35.6 Å². The van der Waals surface area contributed by atoms with Crippen molar-refractivity contribution < 1.29 is 14.0 Å². The number of hydrazone groups is 1. The minimum absolute atomic E-state index is 0.144. The van der Waals surface area contributed by atoms with Crippen LogP contribution in [0.15, 0.2) is 29.4 Å². The molecule has 0 aliphatic heterocycles. The summed E-state index contributed by atoms with van der Waals surface area (Å²) in [5, 5.41) is 6.12. The number of benzene rings is 1. The molecule has 0 radical (unpaired) electrons. The lowest BCUT2D eigenvalue weighted by Crippen LogP contribution is -2.41. The van der Waals surface area contributed by atoms with Gasteiger partial charge in [-0.05, 0) is 26.8 Å². The Bertz CT molecular complexity index is 512. The van der Waals surface area contributed by atoms with Crippen LogP contribution in [0.1, 0.15) is 26.3 Å². The molecule has 0 heterocycles. The molecule has 1 aromatic carbocycles. The van der Waals surface area contributed by atoms with Gasteiger partial charge in [-0.3, -0.25) is 9.59 Å². The molecule has 0 bridgehead atoms. The second kappa shape index (κ2) is 6.63. The van der Waals surface area contributed by atoms with Gasteiger partial charge in [0.25, 0.3) is 0 Å². The summed E-state index contributed by atoms with van der Waals surface area (Å²) in [4.78, 5) is 22.7. The Hall–Kier alpha value is -2.24. The van der Waals surface area contributed by atoms with Gasteiger partial charge in [0, 0.05) is 11.6 Å². The molecule has 5 nitrogen and oxygen atoms in total. The van der Waals surface area contributed by atoms with E-state index in [4.69, 9.17) is 0 Å².